The smallest absolute Gasteiger partial charge is 0.0640 e. The molecule has 2 nitrogen and oxygen atoms in total. The first kappa shape index (κ1) is 11.3. The molecule has 0 aliphatic heterocycles. The Morgan fingerprint density at radius 3 is 2.86 bits per heavy atom. The van der Waals surface area contributed by atoms with Crippen molar-refractivity contribution in [2.75, 3.05) is 25.1 Å². The number of aryl methyl sites for hydroxylation is 1. The second kappa shape index (κ2) is 5.89. The first-order valence-electron chi connectivity index (χ1n) is 4.82. The van der Waals surface area contributed by atoms with Crippen molar-refractivity contribution in [2.45, 2.75) is 13.8 Å². The zero-order valence-corrected chi connectivity index (χ0v) is 9.40. The second-order valence-electron chi connectivity index (χ2n) is 3.11. The lowest BCUT2D eigenvalue weighted by Gasteiger charge is -2.08. The van der Waals surface area contributed by atoms with E-state index in [2.05, 4.69) is 5.32 Å². The first-order chi connectivity index (χ1) is 6.74. The average molecular weight is 214 g/mol. The molecule has 14 heavy (non-hydrogen) atoms. The Morgan fingerprint density at radius 1 is 1.43 bits per heavy atom. The highest BCUT2D eigenvalue weighted by Crippen LogP contribution is 2.22. The van der Waals surface area contributed by atoms with Gasteiger partial charge >= 0.3 is 0 Å². The van der Waals surface area contributed by atoms with E-state index in [9.17, 15) is 0 Å². The molecular formula is C11H16ClNO. The highest BCUT2D eigenvalue weighted by atomic mass is 35.5. The number of hydrogen-bond acceptors (Lipinski definition) is 2. The van der Waals surface area contributed by atoms with Gasteiger partial charge in [0.15, 0.2) is 0 Å². The van der Waals surface area contributed by atoms with Gasteiger partial charge < -0.3 is 10.1 Å². The van der Waals surface area contributed by atoms with E-state index in [0.29, 0.717) is 6.61 Å². The predicted molar refractivity (Wildman–Crippen MR) is 61.2 cm³/mol. The van der Waals surface area contributed by atoms with Gasteiger partial charge in [0, 0.05) is 13.2 Å². The lowest BCUT2D eigenvalue weighted by Crippen LogP contribution is -2.09. The van der Waals surface area contributed by atoms with Crippen LogP contribution in [0.15, 0.2) is 18.2 Å². The van der Waals surface area contributed by atoms with Gasteiger partial charge in [0.2, 0.25) is 0 Å². The van der Waals surface area contributed by atoms with Crippen LogP contribution in [0.2, 0.25) is 5.02 Å². The molecule has 1 rings (SSSR count). The van der Waals surface area contributed by atoms with Crippen LogP contribution in [-0.2, 0) is 4.74 Å². The largest absolute Gasteiger partial charge is 0.382 e. The predicted octanol–water partition coefficient (Wildman–Crippen LogP) is 3.10. The summed E-state index contributed by atoms with van der Waals surface area (Å²) in [6.45, 7) is 6.26. The van der Waals surface area contributed by atoms with Crippen LogP contribution in [0.25, 0.3) is 0 Å². The van der Waals surface area contributed by atoms with Gasteiger partial charge in [0.25, 0.3) is 0 Å². The quantitative estimate of drug-likeness (QED) is 0.759. The molecule has 0 heterocycles. The minimum Gasteiger partial charge on any atom is -0.382 e. The molecule has 0 aromatic heterocycles. The summed E-state index contributed by atoms with van der Waals surface area (Å²) in [5, 5.41) is 3.98. The van der Waals surface area contributed by atoms with Crippen LogP contribution in [0.4, 0.5) is 5.69 Å². The summed E-state index contributed by atoms with van der Waals surface area (Å²) in [6, 6.07) is 5.98. The van der Waals surface area contributed by atoms with Gasteiger partial charge in [0.05, 0.1) is 17.3 Å². The normalized spacial score (nSPS) is 10.2. The monoisotopic (exact) mass is 213 g/mol. The topological polar surface area (TPSA) is 21.3 Å². The average Bonchev–Trinajstić information content (AvgIpc) is 2.15. The fraction of sp³-hybridized carbons (Fsp3) is 0.455. The molecule has 1 aromatic rings. The van der Waals surface area contributed by atoms with E-state index < -0.39 is 0 Å². The minimum atomic E-state index is 0.709. The molecule has 0 aliphatic rings. The van der Waals surface area contributed by atoms with Crippen LogP contribution in [0, 0.1) is 6.92 Å². The number of hydrogen-bond donors (Lipinski definition) is 1. The Kier molecular flexibility index (Phi) is 4.77. The van der Waals surface area contributed by atoms with Gasteiger partial charge in [-0.05, 0) is 31.5 Å². The van der Waals surface area contributed by atoms with Crippen LogP contribution in [0.3, 0.4) is 0 Å². The van der Waals surface area contributed by atoms with Crippen LogP contribution in [0.1, 0.15) is 12.5 Å². The third kappa shape index (κ3) is 3.56. The molecule has 78 valence electrons. The standard InChI is InChI=1S/C11H16ClNO/c1-3-14-7-6-13-11-5-4-9(2)8-10(11)12/h4-5,8,13H,3,6-7H2,1-2H3. The van der Waals surface area contributed by atoms with E-state index in [1.54, 1.807) is 0 Å². The second-order valence-corrected chi connectivity index (χ2v) is 3.51. The fourth-order valence-corrected chi connectivity index (χ4v) is 1.47. The maximum Gasteiger partial charge on any atom is 0.0640 e. The number of benzene rings is 1. The Hall–Kier alpha value is -0.730. The Bertz CT molecular complexity index is 289. The van der Waals surface area contributed by atoms with Crippen molar-refractivity contribution in [1.29, 1.82) is 0 Å². The van der Waals surface area contributed by atoms with Crippen molar-refractivity contribution < 1.29 is 4.74 Å². The molecule has 0 amide bonds. The van der Waals surface area contributed by atoms with Crippen LogP contribution in [0.5, 0.6) is 0 Å². The van der Waals surface area contributed by atoms with Gasteiger partial charge in [-0.2, -0.15) is 0 Å². The highest BCUT2D eigenvalue weighted by molar-refractivity contribution is 6.33. The molecule has 1 aromatic carbocycles. The number of ether oxygens (including phenoxy) is 1. The first-order valence-corrected chi connectivity index (χ1v) is 5.19. The van der Waals surface area contributed by atoms with Crippen molar-refractivity contribution in [2.24, 2.45) is 0 Å². The molecule has 1 N–H and O–H groups in total. The fourth-order valence-electron chi connectivity index (χ4n) is 1.17. The summed E-state index contributed by atoms with van der Waals surface area (Å²) in [5.41, 5.74) is 2.14. The number of anilines is 1. The Morgan fingerprint density at radius 2 is 2.21 bits per heavy atom. The van der Waals surface area contributed by atoms with Crippen molar-refractivity contribution in [3.63, 3.8) is 0 Å². The number of rotatable bonds is 5. The van der Waals surface area contributed by atoms with E-state index in [-0.39, 0.29) is 0 Å². The summed E-state index contributed by atoms with van der Waals surface area (Å²) in [7, 11) is 0. The van der Waals surface area contributed by atoms with Crippen molar-refractivity contribution in [3.8, 4) is 0 Å². The van der Waals surface area contributed by atoms with Gasteiger partial charge in [-0.1, -0.05) is 17.7 Å². The molecule has 0 spiro atoms. The third-order valence-electron chi connectivity index (χ3n) is 1.89. The zero-order chi connectivity index (χ0) is 10.4. The van der Waals surface area contributed by atoms with Gasteiger partial charge in [-0.25, -0.2) is 0 Å². The minimum absolute atomic E-state index is 0.709. The molecular weight excluding hydrogens is 198 g/mol. The number of nitrogens with one attached hydrogen (secondary N) is 1. The molecule has 0 fully saturated rings. The maximum absolute atomic E-state index is 6.04. The van der Waals surface area contributed by atoms with Gasteiger partial charge in [-0.3, -0.25) is 0 Å². The lowest BCUT2D eigenvalue weighted by molar-refractivity contribution is 0.158. The molecule has 0 atom stereocenters. The summed E-state index contributed by atoms with van der Waals surface area (Å²) < 4.78 is 5.21. The third-order valence-corrected chi connectivity index (χ3v) is 2.20. The summed E-state index contributed by atoms with van der Waals surface area (Å²) in [6.07, 6.45) is 0. The summed E-state index contributed by atoms with van der Waals surface area (Å²) >= 11 is 6.04. The van der Waals surface area contributed by atoms with E-state index >= 15 is 0 Å². The SMILES string of the molecule is CCOCCNc1ccc(C)cc1Cl. The van der Waals surface area contributed by atoms with Crippen molar-refractivity contribution in [1.82, 2.24) is 0 Å². The summed E-state index contributed by atoms with van der Waals surface area (Å²) in [4.78, 5) is 0. The number of halogens is 1. The van der Waals surface area contributed by atoms with Gasteiger partial charge in [0.1, 0.15) is 0 Å². The maximum atomic E-state index is 6.04. The van der Waals surface area contributed by atoms with E-state index in [1.165, 1.54) is 5.56 Å². The molecule has 0 aliphatic carbocycles. The molecule has 0 saturated carbocycles. The molecule has 0 unspecified atom stereocenters. The van der Waals surface area contributed by atoms with Crippen LogP contribution >= 0.6 is 11.6 Å². The van der Waals surface area contributed by atoms with E-state index in [4.69, 9.17) is 16.3 Å². The zero-order valence-electron chi connectivity index (χ0n) is 8.64. The molecule has 3 heteroatoms. The van der Waals surface area contributed by atoms with Gasteiger partial charge in [-0.15, -0.1) is 0 Å². The summed E-state index contributed by atoms with van der Waals surface area (Å²) in [5.74, 6) is 0. The van der Waals surface area contributed by atoms with Crippen molar-refractivity contribution in [3.05, 3.63) is 28.8 Å². The highest BCUT2D eigenvalue weighted by Gasteiger charge is 1.98. The van der Waals surface area contributed by atoms with E-state index in [1.807, 2.05) is 32.0 Å². The molecule has 0 saturated heterocycles. The Balaban J connectivity index is 2.42. The van der Waals surface area contributed by atoms with Crippen LogP contribution < -0.4 is 5.32 Å². The Labute approximate surface area is 90.2 Å². The van der Waals surface area contributed by atoms with Crippen LogP contribution in [-0.4, -0.2) is 19.8 Å². The molecule has 0 bridgehead atoms. The molecule has 0 radical (unpaired) electrons. The van der Waals surface area contributed by atoms with E-state index in [0.717, 1.165) is 23.9 Å². The van der Waals surface area contributed by atoms with Crippen molar-refractivity contribution >= 4 is 17.3 Å². The lowest BCUT2D eigenvalue weighted by atomic mass is 10.2.